The fourth-order valence-corrected chi connectivity index (χ4v) is 4.67. The zero-order valence-electron chi connectivity index (χ0n) is 15.7. The number of nitrogens with zero attached hydrogens (tertiary/aromatic N) is 2. The second-order valence-corrected chi connectivity index (χ2v) is 7.91. The quantitative estimate of drug-likeness (QED) is 0.329. The summed E-state index contributed by atoms with van der Waals surface area (Å²) >= 11 is 1.57. The van der Waals surface area contributed by atoms with Crippen molar-refractivity contribution in [2.75, 3.05) is 11.1 Å². The van der Waals surface area contributed by atoms with Gasteiger partial charge in [0, 0.05) is 50.5 Å². The van der Waals surface area contributed by atoms with Gasteiger partial charge >= 0.3 is 0 Å². The number of pyridine rings is 1. The number of thiophene rings is 1. The van der Waals surface area contributed by atoms with Gasteiger partial charge in [0.1, 0.15) is 10.9 Å². The molecule has 0 fully saturated rings. The molecule has 0 bridgehead atoms. The number of aromatic amines is 1. The highest BCUT2D eigenvalue weighted by Gasteiger charge is 2.16. The number of fused-ring (bicyclic) bond motifs is 2. The van der Waals surface area contributed by atoms with E-state index >= 15 is 0 Å². The Morgan fingerprint density at radius 1 is 1.14 bits per heavy atom. The van der Waals surface area contributed by atoms with Crippen molar-refractivity contribution in [3.8, 4) is 16.5 Å². The molecule has 3 aromatic heterocycles. The van der Waals surface area contributed by atoms with Crippen molar-refractivity contribution < 1.29 is 0 Å². The summed E-state index contributed by atoms with van der Waals surface area (Å²) in [5.41, 5.74) is 12.3. The van der Waals surface area contributed by atoms with E-state index in [1.807, 2.05) is 42.6 Å². The zero-order valence-corrected chi connectivity index (χ0v) is 16.5. The van der Waals surface area contributed by atoms with Crippen LogP contribution >= 0.6 is 11.3 Å². The van der Waals surface area contributed by atoms with Crippen molar-refractivity contribution in [3.05, 3.63) is 72.1 Å². The summed E-state index contributed by atoms with van der Waals surface area (Å²) in [4.78, 5) is 9.63. The molecule has 5 aromatic rings. The van der Waals surface area contributed by atoms with Crippen molar-refractivity contribution in [2.45, 2.75) is 6.92 Å². The molecular weight excluding hydrogens is 378 g/mol. The van der Waals surface area contributed by atoms with Crippen molar-refractivity contribution in [3.63, 3.8) is 0 Å². The average molecular weight is 395 g/mol. The van der Waals surface area contributed by atoms with Crippen molar-refractivity contribution in [2.24, 2.45) is 0 Å². The Labute approximate surface area is 171 Å². The van der Waals surface area contributed by atoms with E-state index in [1.54, 1.807) is 17.5 Å². The van der Waals surface area contributed by atoms with Crippen LogP contribution in [0.2, 0.25) is 0 Å². The van der Waals surface area contributed by atoms with Gasteiger partial charge in [0.25, 0.3) is 0 Å². The molecule has 29 heavy (non-hydrogen) atoms. The van der Waals surface area contributed by atoms with Crippen LogP contribution in [-0.4, -0.2) is 9.97 Å². The Morgan fingerprint density at radius 3 is 2.83 bits per heavy atom. The van der Waals surface area contributed by atoms with Gasteiger partial charge < -0.3 is 16.0 Å². The van der Waals surface area contributed by atoms with E-state index < -0.39 is 0 Å². The predicted molar refractivity (Wildman–Crippen MR) is 121 cm³/mol. The summed E-state index contributed by atoms with van der Waals surface area (Å²) in [5.74, 6) is 0. The van der Waals surface area contributed by atoms with E-state index in [1.165, 1.54) is 0 Å². The monoisotopic (exact) mass is 395 g/mol. The second-order valence-electron chi connectivity index (χ2n) is 6.88. The van der Waals surface area contributed by atoms with Crippen LogP contribution in [0.4, 0.5) is 17.1 Å². The van der Waals surface area contributed by atoms with Crippen molar-refractivity contribution >= 4 is 49.5 Å². The fraction of sp³-hybridized carbons (Fsp3) is 0.0435. The van der Waals surface area contributed by atoms with Gasteiger partial charge in [-0.1, -0.05) is 18.2 Å². The Balaban J connectivity index is 1.68. The molecule has 4 N–H and O–H groups in total. The third-order valence-corrected chi connectivity index (χ3v) is 6.25. The third kappa shape index (κ3) is 2.80. The summed E-state index contributed by atoms with van der Waals surface area (Å²) in [6.45, 7) is 2.08. The number of aryl methyl sites for hydroxylation is 1. The molecule has 0 saturated carbocycles. The van der Waals surface area contributed by atoms with Crippen molar-refractivity contribution in [1.82, 2.24) is 9.97 Å². The van der Waals surface area contributed by atoms with Gasteiger partial charge in [-0.05, 0) is 42.8 Å². The fourth-order valence-electron chi connectivity index (χ4n) is 3.62. The first-order valence-electron chi connectivity index (χ1n) is 9.17. The lowest BCUT2D eigenvalue weighted by Crippen LogP contribution is -1.97. The van der Waals surface area contributed by atoms with Crippen LogP contribution in [0.5, 0.6) is 0 Å². The third-order valence-electron chi connectivity index (χ3n) is 5.17. The number of benzene rings is 2. The highest BCUT2D eigenvalue weighted by molar-refractivity contribution is 7.22. The Morgan fingerprint density at radius 2 is 2.00 bits per heavy atom. The maximum absolute atomic E-state index is 9.68. The predicted octanol–water partition coefficient (Wildman–Crippen LogP) is 5.95. The largest absolute Gasteiger partial charge is 0.398 e. The van der Waals surface area contributed by atoms with Gasteiger partial charge in [0.05, 0.1) is 11.3 Å². The van der Waals surface area contributed by atoms with Crippen LogP contribution in [0.15, 0.2) is 60.9 Å². The summed E-state index contributed by atoms with van der Waals surface area (Å²) in [7, 11) is 0. The van der Waals surface area contributed by atoms with E-state index in [9.17, 15) is 5.26 Å². The minimum absolute atomic E-state index is 0.511. The number of nitriles is 1. The molecule has 0 saturated heterocycles. The first kappa shape index (κ1) is 17.3. The highest BCUT2D eigenvalue weighted by Crippen LogP contribution is 2.40. The second kappa shape index (κ2) is 6.66. The van der Waals surface area contributed by atoms with E-state index in [-0.39, 0.29) is 0 Å². The van der Waals surface area contributed by atoms with Crippen LogP contribution in [0.25, 0.3) is 31.6 Å². The molecule has 140 valence electrons. The lowest BCUT2D eigenvalue weighted by molar-refractivity contribution is 1.38. The minimum Gasteiger partial charge on any atom is -0.398 e. The molecule has 6 heteroatoms. The van der Waals surface area contributed by atoms with Crippen LogP contribution in [-0.2, 0) is 0 Å². The Hall–Kier alpha value is -3.82. The molecule has 5 rings (SSSR count). The van der Waals surface area contributed by atoms with E-state index in [0.717, 1.165) is 54.2 Å². The number of anilines is 3. The maximum Gasteiger partial charge on any atom is 0.126 e. The molecule has 0 aliphatic carbocycles. The molecular formula is C23H17N5S. The maximum atomic E-state index is 9.68. The van der Waals surface area contributed by atoms with Gasteiger partial charge in [-0.2, -0.15) is 5.26 Å². The van der Waals surface area contributed by atoms with Gasteiger partial charge in [0.15, 0.2) is 0 Å². The summed E-state index contributed by atoms with van der Waals surface area (Å²) in [5, 5.41) is 15.2. The highest BCUT2D eigenvalue weighted by atomic mass is 32.1. The van der Waals surface area contributed by atoms with Crippen molar-refractivity contribution in [1.29, 1.82) is 5.26 Å². The van der Waals surface area contributed by atoms with Gasteiger partial charge in [-0.25, -0.2) is 4.98 Å². The van der Waals surface area contributed by atoms with Gasteiger partial charge in [0.2, 0.25) is 0 Å². The molecule has 0 aliphatic heterocycles. The number of nitrogen functional groups attached to an aromatic ring is 1. The standard InChI is InChI=1S/C23H17N5S/c1-13-15-8-9-26-20(15)7-6-19(13)28-22-14(11-24)12-27-23-17(22)10-21(29-23)16-4-2-3-5-18(16)25/h2-10,12,26H,25H2,1H3,(H,27,28). The minimum atomic E-state index is 0.511. The number of rotatable bonds is 3. The molecule has 0 spiro atoms. The van der Waals surface area contributed by atoms with Crippen LogP contribution in [0, 0.1) is 18.3 Å². The Kier molecular flexibility index (Phi) is 3.97. The molecule has 0 aliphatic rings. The zero-order chi connectivity index (χ0) is 20.0. The molecule has 0 unspecified atom stereocenters. The summed E-state index contributed by atoms with van der Waals surface area (Å²) in [6, 6.07) is 18.2. The van der Waals surface area contributed by atoms with Crippen LogP contribution in [0.1, 0.15) is 11.1 Å². The molecule has 5 nitrogen and oxygen atoms in total. The number of hydrogen-bond donors (Lipinski definition) is 3. The van der Waals surface area contributed by atoms with Gasteiger partial charge in [-0.3, -0.25) is 0 Å². The number of para-hydroxylation sites is 1. The number of aromatic nitrogens is 2. The number of hydrogen-bond acceptors (Lipinski definition) is 5. The molecule has 0 radical (unpaired) electrons. The summed E-state index contributed by atoms with van der Waals surface area (Å²) in [6.07, 6.45) is 3.56. The summed E-state index contributed by atoms with van der Waals surface area (Å²) < 4.78 is 0. The topological polar surface area (TPSA) is 90.5 Å². The lowest BCUT2D eigenvalue weighted by Gasteiger charge is -2.12. The number of nitrogens with one attached hydrogen (secondary N) is 2. The van der Waals surface area contributed by atoms with Crippen LogP contribution < -0.4 is 11.1 Å². The Bertz CT molecular complexity index is 1420. The lowest BCUT2D eigenvalue weighted by atomic mass is 10.1. The number of H-pyrrole nitrogens is 1. The average Bonchev–Trinajstić information content (AvgIpc) is 3.38. The van der Waals surface area contributed by atoms with E-state index in [4.69, 9.17) is 5.73 Å². The van der Waals surface area contributed by atoms with Crippen LogP contribution in [0.3, 0.4) is 0 Å². The number of nitrogens with two attached hydrogens (primary N) is 1. The molecule has 0 atom stereocenters. The first-order valence-corrected chi connectivity index (χ1v) is 9.98. The molecule has 2 aromatic carbocycles. The van der Waals surface area contributed by atoms with E-state index in [2.05, 4.69) is 40.4 Å². The van der Waals surface area contributed by atoms with E-state index in [0.29, 0.717) is 5.56 Å². The SMILES string of the molecule is Cc1c(Nc2c(C#N)cnc3sc(-c4ccccc4N)cc23)ccc2[nH]ccc12. The van der Waals surface area contributed by atoms with Gasteiger partial charge in [-0.15, -0.1) is 11.3 Å². The normalized spacial score (nSPS) is 11.0. The smallest absolute Gasteiger partial charge is 0.126 e. The molecule has 0 amide bonds. The first-order chi connectivity index (χ1) is 14.2. The molecule has 3 heterocycles.